The molecule has 0 aliphatic carbocycles. The van der Waals surface area contributed by atoms with Crippen molar-refractivity contribution in [3.05, 3.63) is 58.4 Å². The Kier molecular flexibility index (Phi) is 3.72. The van der Waals surface area contributed by atoms with E-state index in [2.05, 4.69) is 4.98 Å². The molecule has 1 heterocycles. The summed E-state index contributed by atoms with van der Waals surface area (Å²) in [4.78, 5) is 14.1. The van der Waals surface area contributed by atoms with Gasteiger partial charge in [-0.3, -0.25) is 10.1 Å². The number of hydrogen-bond acceptors (Lipinski definition) is 6. The van der Waals surface area contributed by atoms with Crippen LogP contribution in [0.5, 0.6) is 5.75 Å². The van der Waals surface area contributed by atoms with Crippen LogP contribution in [-0.2, 0) is 17.2 Å². The van der Waals surface area contributed by atoms with Crippen molar-refractivity contribution >= 4 is 26.8 Å². The minimum Gasteiger partial charge on any atom is -0.379 e. The van der Waals surface area contributed by atoms with Crippen LogP contribution < -0.4 is 4.18 Å². The molecular formula is C15H13N3O5S. The van der Waals surface area contributed by atoms with Crippen molar-refractivity contribution in [3.8, 4) is 5.75 Å². The lowest BCUT2D eigenvalue weighted by molar-refractivity contribution is -0.385. The maximum Gasteiger partial charge on any atom is 0.339 e. The van der Waals surface area contributed by atoms with Crippen LogP contribution in [0, 0.1) is 17.0 Å². The van der Waals surface area contributed by atoms with Crippen LogP contribution in [0.4, 0.5) is 5.69 Å². The predicted molar refractivity (Wildman–Crippen MR) is 86.4 cm³/mol. The number of nitro groups is 1. The van der Waals surface area contributed by atoms with E-state index < -0.39 is 15.0 Å². The Morgan fingerprint density at radius 1 is 1.21 bits per heavy atom. The molecule has 0 atom stereocenters. The maximum absolute atomic E-state index is 12.5. The molecule has 1 aromatic heterocycles. The first-order chi connectivity index (χ1) is 11.3. The van der Waals surface area contributed by atoms with E-state index in [1.807, 2.05) is 7.05 Å². The summed E-state index contributed by atoms with van der Waals surface area (Å²) in [6.07, 6.45) is 1.60. The Morgan fingerprint density at radius 3 is 2.67 bits per heavy atom. The lowest BCUT2D eigenvalue weighted by Gasteiger charge is -2.09. The molecule has 0 spiro atoms. The molecule has 8 nitrogen and oxygen atoms in total. The lowest BCUT2D eigenvalue weighted by atomic mass is 10.2. The van der Waals surface area contributed by atoms with E-state index in [-0.39, 0.29) is 16.3 Å². The number of nitro benzene ring substituents is 1. The molecule has 0 amide bonds. The van der Waals surface area contributed by atoms with E-state index in [9.17, 15) is 18.5 Å². The Morgan fingerprint density at radius 2 is 1.96 bits per heavy atom. The Labute approximate surface area is 137 Å². The molecule has 3 aromatic rings. The van der Waals surface area contributed by atoms with E-state index in [4.69, 9.17) is 4.18 Å². The number of aromatic nitrogens is 2. The molecule has 0 radical (unpaired) electrons. The van der Waals surface area contributed by atoms with Gasteiger partial charge in [0, 0.05) is 25.2 Å². The molecule has 0 saturated heterocycles. The first-order valence-corrected chi connectivity index (χ1v) is 8.29. The van der Waals surface area contributed by atoms with E-state index >= 15 is 0 Å². The summed E-state index contributed by atoms with van der Waals surface area (Å²) in [5, 5.41) is 10.9. The number of fused-ring (bicyclic) bond motifs is 1. The summed E-state index contributed by atoms with van der Waals surface area (Å²) in [6.45, 7) is 1.54. The molecule has 0 aliphatic rings. The summed E-state index contributed by atoms with van der Waals surface area (Å²) in [5.41, 5.74) is 1.45. The molecule has 0 N–H and O–H groups in total. The topological polar surface area (TPSA) is 104 Å². The summed E-state index contributed by atoms with van der Waals surface area (Å²) in [5.74, 6) is 0.0899. The van der Waals surface area contributed by atoms with E-state index in [0.29, 0.717) is 11.1 Å². The van der Waals surface area contributed by atoms with E-state index in [0.717, 1.165) is 11.6 Å². The third-order valence-corrected chi connectivity index (χ3v) is 4.95. The highest BCUT2D eigenvalue weighted by Crippen LogP contribution is 2.26. The predicted octanol–water partition coefficient (Wildman–Crippen LogP) is 2.56. The van der Waals surface area contributed by atoms with Crippen LogP contribution in [0.15, 0.2) is 47.6 Å². The lowest BCUT2D eigenvalue weighted by Crippen LogP contribution is -2.11. The van der Waals surface area contributed by atoms with Crippen molar-refractivity contribution in [1.29, 1.82) is 0 Å². The van der Waals surface area contributed by atoms with Crippen molar-refractivity contribution < 1.29 is 17.5 Å². The van der Waals surface area contributed by atoms with Crippen molar-refractivity contribution in [3.63, 3.8) is 0 Å². The summed E-state index contributed by atoms with van der Waals surface area (Å²) >= 11 is 0. The van der Waals surface area contributed by atoms with Gasteiger partial charge in [-0.25, -0.2) is 4.98 Å². The van der Waals surface area contributed by atoms with Crippen molar-refractivity contribution in [2.75, 3.05) is 0 Å². The number of non-ortho nitro benzene ring substituents is 1. The standard InChI is InChI=1S/C15H13N3O5S/c1-10-3-4-11(18(19)20)7-15(10)24(21,22)23-12-5-6-14-13(8-12)16-9-17(14)2/h3-9H,1-2H3. The quantitative estimate of drug-likeness (QED) is 0.408. The van der Waals surface area contributed by atoms with Crippen LogP contribution in [0.25, 0.3) is 11.0 Å². The second-order valence-electron chi connectivity index (χ2n) is 5.25. The fraction of sp³-hybridized carbons (Fsp3) is 0.133. The van der Waals surface area contributed by atoms with Crippen LogP contribution in [-0.4, -0.2) is 22.9 Å². The van der Waals surface area contributed by atoms with Gasteiger partial charge in [-0.05, 0) is 24.6 Å². The normalized spacial score (nSPS) is 11.6. The highest BCUT2D eigenvalue weighted by molar-refractivity contribution is 7.87. The molecule has 2 aromatic carbocycles. The van der Waals surface area contributed by atoms with Crippen molar-refractivity contribution in [2.45, 2.75) is 11.8 Å². The smallest absolute Gasteiger partial charge is 0.339 e. The van der Waals surface area contributed by atoms with Gasteiger partial charge in [0.25, 0.3) is 5.69 Å². The van der Waals surface area contributed by atoms with Gasteiger partial charge < -0.3 is 8.75 Å². The number of benzene rings is 2. The van der Waals surface area contributed by atoms with E-state index in [1.165, 1.54) is 24.3 Å². The SMILES string of the molecule is Cc1ccc([N+](=O)[O-])cc1S(=O)(=O)Oc1ccc2c(c1)ncn2C. The summed E-state index contributed by atoms with van der Waals surface area (Å²) in [6, 6.07) is 8.30. The largest absolute Gasteiger partial charge is 0.379 e. The fourth-order valence-corrected chi connectivity index (χ4v) is 3.49. The summed E-state index contributed by atoms with van der Waals surface area (Å²) in [7, 11) is -2.38. The van der Waals surface area contributed by atoms with Gasteiger partial charge in [0.05, 0.1) is 22.3 Å². The number of imidazole rings is 1. The zero-order valence-electron chi connectivity index (χ0n) is 12.8. The monoisotopic (exact) mass is 347 g/mol. The molecule has 0 fully saturated rings. The maximum atomic E-state index is 12.5. The molecule has 9 heteroatoms. The summed E-state index contributed by atoms with van der Waals surface area (Å²) < 4.78 is 31.8. The van der Waals surface area contributed by atoms with Crippen LogP contribution in [0.1, 0.15) is 5.56 Å². The van der Waals surface area contributed by atoms with Gasteiger partial charge in [-0.15, -0.1) is 0 Å². The van der Waals surface area contributed by atoms with Crippen LogP contribution in [0.2, 0.25) is 0 Å². The molecule has 0 saturated carbocycles. The number of hydrogen-bond donors (Lipinski definition) is 0. The molecule has 3 rings (SSSR count). The first kappa shape index (κ1) is 15.9. The van der Waals surface area contributed by atoms with Crippen LogP contribution in [0.3, 0.4) is 0 Å². The minimum absolute atomic E-state index is 0.0899. The Bertz CT molecular complexity index is 1060. The Balaban J connectivity index is 2.01. The van der Waals surface area contributed by atoms with Gasteiger partial charge in [0.2, 0.25) is 0 Å². The van der Waals surface area contributed by atoms with E-state index in [1.54, 1.807) is 23.9 Å². The molecule has 124 valence electrons. The van der Waals surface area contributed by atoms with Gasteiger partial charge in [-0.2, -0.15) is 8.42 Å². The molecule has 0 unspecified atom stereocenters. The van der Waals surface area contributed by atoms with Crippen molar-refractivity contribution in [1.82, 2.24) is 9.55 Å². The van der Waals surface area contributed by atoms with Crippen molar-refractivity contribution in [2.24, 2.45) is 7.05 Å². The number of aryl methyl sites for hydroxylation is 2. The molecule has 0 bridgehead atoms. The first-order valence-electron chi connectivity index (χ1n) is 6.88. The molecular weight excluding hydrogens is 334 g/mol. The average molecular weight is 347 g/mol. The third-order valence-electron chi connectivity index (χ3n) is 3.55. The average Bonchev–Trinajstić information content (AvgIpc) is 2.87. The number of rotatable bonds is 4. The minimum atomic E-state index is -4.20. The highest BCUT2D eigenvalue weighted by atomic mass is 32.2. The van der Waals surface area contributed by atoms with Gasteiger partial charge in [0.1, 0.15) is 10.6 Å². The van der Waals surface area contributed by atoms with Gasteiger partial charge in [0.15, 0.2) is 0 Å². The van der Waals surface area contributed by atoms with Gasteiger partial charge in [-0.1, -0.05) is 6.07 Å². The Hall–Kier alpha value is -2.94. The molecule has 0 aliphatic heterocycles. The zero-order valence-corrected chi connectivity index (χ0v) is 13.6. The number of nitrogens with zero attached hydrogens (tertiary/aromatic N) is 3. The second kappa shape index (κ2) is 5.60. The molecule has 24 heavy (non-hydrogen) atoms. The third kappa shape index (κ3) is 2.81. The fourth-order valence-electron chi connectivity index (χ4n) is 2.31. The second-order valence-corrected chi connectivity index (χ2v) is 6.77. The zero-order chi connectivity index (χ0) is 17.5. The van der Waals surface area contributed by atoms with Crippen LogP contribution >= 0.6 is 0 Å². The van der Waals surface area contributed by atoms with Gasteiger partial charge >= 0.3 is 10.1 Å². The highest BCUT2D eigenvalue weighted by Gasteiger charge is 2.23.